The summed E-state index contributed by atoms with van der Waals surface area (Å²) in [6, 6.07) is -0.489. The molecule has 84 valence electrons. The number of hydrogen-bond acceptors (Lipinski definition) is 5. The van der Waals surface area contributed by atoms with Gasteiger partial charge in [-0.2, -0.15) is 0 Å². The molecule has 0 heterocycles. The molecule has 0 radical (unpaired) electrons. The van der Waals surface area contributed by atoms with E-state index in [4.69, 9.17) is 25.8 Å². The molecular formula is C7H16N2O5. The minimum atomic E-state index is -1.50. The maximum Gasteiger partial charge on any atom is 0.322 e. The molecule has 0 bridgehead atoms. The van der Waals surface area contributed by atoms with Gasteiger partial charge in [-0.25, -0.2) is 0 Å². The van der Waals surface area contributed by atoms with E-state index in [0.717, 1.165) is 12.8 Å². The van der Waals surface area contributed by atoms with Crippen LogP contribution in [0.2, 0.25) is 0 Å². The highest BCUT2D eigenvalue weighted by atomic mass is 16.9. The van der Waals surface area contributed by atoms with Crippen molar-refractivity contribution in [2.75, 3.05) is 6.61 Å². The highest BCUT2D eigenvalue weighted by molar-refractivity contribution is 5.74. The Balaban J connectivity index is 0. The number of esters is 1. The Morgan fingerprint density at radius 3 is 2.43 bits per heavy atom. The molecule has 0 aliphatic heterocycles. The third-order valence-corrected chi connectivity index (χ3v) is 1.11. The molecule has 0 aliphatic carbocycles. The van der Waals surface area contributed by atoms with Crippen LogP contribution < -0.4 is 5.73 Å². The Kier molecular flexibility index (Phi) is 10.5. The molecular weight excluding hydrogens is 192 g/mol. The molecule has 3 N–H and O–H groups in total. The summed E-state index contributed by atoms with van der Waals surface area (Å²) < 4.78 is 4.78. The summed E-state index contributed by atoms with van der Waals surface area (Å²) >= 11 is 0. The molecule has 7 nitrogen and oxygen atoms in total. The monoisotopic (exact) mass is 208 g/mol. The molecule has 0 saturated heterocycles. The normalized spacial score (nSPS) is 10.8. The van der Waals surface area contributed by atoms with Crippen LogP contribution in [0.4, 0.5) is 0 Å². The third kappa shape index (κ3) is 16.9. The summed E-state index contributed by atoms with van der Waals surface area (Å²) in [6.07, 6.45) is 1.95. The summed E-state index contributed by atoms with van der Waals surface area (Å²) in [5.41, 5.74) is 5.24. The van der Waals surface area contributed by atoms with Crippen LogP contribution in [-0.2, 0) is 9.53 Å². The van der Waals surface area contributed by atoms with Gasteiger partial charge >= 0.3 is 5.97 Å². The van der Waals surface area contributed by atoms with Gasteiger partial charge in [0.25, 0.3) is 5.09 Å². The molecule has 0 spiro atoms. The van der Waals surface area contributed by atoms with Crippen LogP contribution in [0, 0.1) is 10.1 Å². The molecule has 0 fully saturated rings. The maximum atomic E-state index is 10.7. The van der Waals surface area contributed by atoms with Crippen LogP contribution in [0.1, 0.15) is 26.7 Å². The van der Waals surface area contributed by atoms with Gasteiger partial charge in [-0.15, -0.1) is 10.1 Å². The van der Waals surface area contributed by atoms with Crippen molar-refractivity contribution in [3.63, 3.8) is 0 Å². The van der Waals surface area contributed by atoms with E-state index in [1.54, 1.807) is 6.92 Å². The highest BCUT2D eigenvalue weighted by Gasteiger charge is 2.06. The number of unbranched alkanes of at least 4 members (excludes halogenated alkanes) is 1. The van der Waals surface area contributed by atoms with Gasteiger partial charge in [0.15, 0.2) is 0 Å². The first-order valence-corrected chi connectivity index (χ1v) is 4.17. The van der Waals surface area contributed by atoms with Gasteiger partial charge in [-0.3, -0.25) is 4.79 Å². The van der Waals surface area contributed by atoms with E-state index in [0.29, 0.717) is 6.61 Å². The van der Waals surface area contributed by atoms with Crippen molar-refractivity contribution >= 4 is 5.97 Å². The van der Waals surface area contributed by atoms with E-state index < -0.39 is 11.1 Å². The minimum Gasteiger partial charge on any atom is -0.465 e. The summed E-state index contributed by atoms with van der Waals surface area (Å²) in [6.45, 7) is 4.16. The second kappa shape index (κ2) is 9.72. The second-order valence-corrected chi connectivity index (χ2v) is 2.55. The summed E-state index contributed by atoms with van der Waals surface area (Å²) in [5.74, 6) is -0.312. The van der Waals surface area contributed by atoms with Crippen molar-refractivity contribution in [1.82, 2.24) is 0 Å². The smallest absolute Gasteiger partial charge is 0.322 e. The van der Waals surface area contributed by atoms with Crippen molar-refractivity contribution in [3.05, 3.63) is 10.1 Å². The second-order valence-electron chi connectivity index (χ2n) is 2.55. The lowest BCUT2D eigenvalue weighted by Crippen LogP contribution is -2.28. The fraction of sp³-hybridized carbons (Fsp3) is 0.857. The standard InChI is InChI=1S/C7H15NO2.HNO3/c1-3-4-5-10-7(9)6(2)8;2-1(3)4/h6H,3-5,8H2,1-2H3;(H,2,3,4)/t6-;/m0./s1. The lowest BCUT2D eigenvalue weighted by atomic mass is 10.3. The molecule has 0 aromatic carbocycles. The van der Waals surface area contributed by atoms with Crippen LogP contribution in [0.25, 0.3) is 0 Å². The molecule has 7 heteroatoms. The van der Waals surface area contributed by atoms with Gasteiger partial charge < -0.3 is 15.7 Å². The number of carbonyl (C=O) groups is 1. The van der Waals surface area contributed by atoms with Crippen LogP contribution in [0.5, 0.6) is 0 Å². The highest BCUT2D eigenvalue weighted by Crippen LogP contribution is 1.90. The summed E-state index contributed by atoms with van der Waals surface area (Å²) in [4.78, 5) is 19.0. The number of rotatable bonds is 4. The average molecular weight is 208 g/mol. The lowest BCUT2D eigenvalue weighted by Gasteiger charge is -2.04. The lowest BCUT2D eigenvalue weighted by molar-refractivity contribution is -0.742. The van der Waals surface area contributed by atoms with Crippen LogP contribution in [0.3, 0.4) is 0 Å². The third-order valence-electron chi connectivity index (χ3n) is 1.11. The number of hydrogen-bond donors (Lipinski definition) is 2. The molecule has 0 aromatic heterocycles. The van der Waals surface area contributed by atoms with Crippen LogP contribution >= 0.6 is 0 Å². The maximum absolute atomic E-state index is 10.7. The molecule has 0 rings (SSSR count). The Morgan fingerprint density at radius 1 is 1.71 bits per heavy atom. The largest absolute Gasteiger partial charge is 0.465 e. The van der Waals surface area contributed by atoms with E-state index in [2.05, 4.69) is 0 Å². The van der Waals surface area contributed by atoms with E-state index in [-0.39, 0.29) is 5.97 Å². The van der Waals surface area contributed by atoms with Crippen molar-refractivity contribution in [1.29, 1.82) is 0 Å². The zero-order valence-corrected chi connectivity index (χ0v) is 8.30. The fourth-order valence-electron chi connectivity index (χ4n) is 0.449. The number of nitrogens with two attached hydrogens (primary N) is 1. The first kappa shape index (κ1) is 15.1. The van der Waals surface area contributed by atoms with Gasteiger partial charge in [0.1, 0.15) is 6.04 Å². The molecule has 0 amide bonds. The van der Waals surface area contributed by atoms with Crippen molar-refractivity contribution in [3.8, 4) is 0 Å². The topological polar surface area (TPSA) is 116 Å². The SMILES string of the molecule is CCCCOC(=O)[C@H](C)N.O=[N+]([O-])O. The predicted octanol–water partition coefficient (Wildman–Crippen LogP) is 0.329. The molecule has 0 unspecified atom stereocenters. The van der Waals surface area contributed by atoms with Crippen LogP contribution in [0.15, 0.2) is 0 Å². The first-order valence-electron chi connectivity index (χ1n) is 4.17. The molecule has 0 aliphatic rings. The average Bonchev–Trinajstić information content (AvgIpc) is 2.03. The van der Waals surface area contributed by atoms with E-state index in [1.165, 1.54) is 0 Å². The van der Waals surface area contributed by atoms with Gasteiger partial charge in [0.2, 0.25) is 0 Å². The predicted molar refractivity (Wildman–Crippen MR) is 48.3 cm³/mol. The van der Waals surface area contributed by atoms with Crippen molar-refractivity contribution in [2.24, 2.45) is 5.73 Å². The summed E-state index contributed by atoms with van der Waals surface area (Å²) in [5, 5.41) is 13.6. The Labute approximate surface area is 82.0 Å². The van der Waals surface area contributed by atoms with Crippen molar-refractivity contribution in [2.45, 2.75) is 32.7 Å². The number of ether oxygens (including phenoxy) is 1. The zero-order chi connectivity index (χ0) is 11.6. The zero-order valence-electron chi connectivity index (χ0n) is 8.30. The fourth-order valence-corrected chi connectivity index (χ4v) is 0.449. The van der Waals surface area contributed by atoms with Crippen LogP contribution in [-0.4, -0.2) is 28.9 Å². The van der Waals surface area contributed by atoms with Gasteiger partial charge in [-0.1, -0.05) is 13.3 Å². The van der Waals surface area contributed by atoms with Crippen molar-refractivity contribution < 1.29 is 19.8 Å². The number of carbonyl (C=O) groups excluding carboxylic acids is 1. The Morgan fingerprint density at radius 2 is 2.14 bits per heavy atom. The van der Waals surface area contributed by atoms with Gasteiger partial charge in [0.05, 0.1) is 6.61 Å². The quantitative estimate of drug-likeness (QED) is 0.297. The Bertz CT molecular complexity index is 167. The van der Waals surface area contributed by atoms with E-state index >= 15 is 0 Å². The van der Waals surface area contributed by atoms with E-state index in [1.807, 2.05) is 6.92 Å². The first-order chi connectivity index (χ1) is 6.41. The Hall–Kier alpha value is -1.37. The van der Waals surface area contributed by atoms with Gasteiger partial charge in [0, 0.05) is 0 Å². The summed E-state index contributed by atoms with van der Waals surface area (Å²) in [7, 11) is 0. The molecule has 0 saturated carbocycles. The molecule has 1 atom stereocenters. The van der Waals surface area contributed by atoms with Gasteiger partial charge in [-0.05, 0) is 13.3 Å². The molecule has 0 aromatic rings. The van der Waals surface area contributed by atoms with E-state index in [9.17, 15) is 4.79 Å². The molecule has 14 heavy (non-hydrogen) atoms. The minimum absolute atomic E-state index is 0.312. The number of nitrogens with zero attached hydrogens (tertiary/aromatic N) is 1.